The molecule has 2 aliphatic rings. The number of benzene rings is 2. The van der Waals surface area contributed by atoms with Gasteiger partial charge in [-0.2, -0.15) is 0 Å². The van der Waals surface area contributed by atoms with Crippen LogP contribution in [0.2, 0.25) is 5.02 Å². The number of rotatable bonds is 10. The minimum Gasteiger partial charge on any atom is -0.496 e. The quantitative estimate of drug-likeness (QED) is 0.284. The number of likely N-dealkylation sites (tertiary alicyclic amines) is 1. The van der Waals surface area contributed by atoms with Crippen LogP contribution in [0.1, 0.15) is 76.5 Å². The van der Waals surface area contributed by atoms with Crippen molar-refractivity contribution in [2.75, 3.05) is 33.3 Å². The van der Waals surface area contributed by atoms with Crippen molar-refractivity contribution in [3.63, 3.8) is 0 Å². The molecule has 0 spiro atoms. The topological polar surface area (TPSA) is 74.7 Å². The van der Waals surface area contributed by atoms with E-state index in [-0.39, 0.29) is 12.5 Å². The second kappa shape index (κ2) is 13.3. The van der Waals surface area contributed by atoms with Gasteiger partial charge in [0.15, 0.2) is 0 Å². The summed E-state index contributed by atoms with van der Waals surface area (Å²) in [5.74, 6) is 1.56. The Balaban J connectivity index is 1.06. The van der Waals surface area contributed by atoms with E-state index >= 15 is 0 Å². The van der Waals surface area contributed by atoms with Crippen molar-refractivity contribution in [3.8, 4) is 16.3 Å². The summed E-state index contributed by atoms with van der Waals surface area (Å²) in [6, 6.07) is 12.0. The molecule has 0 atom stereocenters. The summed E-state index contributed by atoms with van der Waals surface area (Å²) in [5, 5.41) is 14.1. The first-order valence-corrected chi connectivity index (χ1v) is 15.3. The molecular formula is C31H38ClN3O3S. The van der Waals surface area contributed by atoms with Gasteiger partial charge in [-0.15, -0.1) is 11.3 Å². The van der Waals surface area contributed by atoms with Crippen LogP contribution in [-0.2, 0) is 19.4 Å². The molecule has 8 heteroatoms. The lowest BCUT2D eigenvalue weighted by atomic mass is 9.83. The smallest absolute Gasteiger partial charge is 0.263 e. The van der Waals surface area contributed by atoms with Crippen molar-refractivity contribution in [1.82, 2.24) is 15.2 Å². The molecule has 2 aromatic carbocycles. The molecule has 1 amide bonds. The van der Waals surface area contributed by atoms with Gasteiger partial charge in [0.2, 0.25) is 0 Å². The minimum absolute atomic E-state index is 0.170. The van der Waals surface area contributed by atoms with Crippen LogP contribution in [0.15, 0.2) is 36.4 Å². The molecule has 6 nitrogen and oxygen atoms in total. The highest BCUT2D eigenvalue weighted by Crippen LogP contribution is 2.40. The Bertz CT molecular complexity index is 1270. The van der Waals surface area contributed by atoms with Gasteiger partial charge in [-0.3, -0.25) is 4.79 Å². The van der Waals surface area contributed by atoms with Crippen LogP contribution < -0.4 is 10.1 Å². The predicted molar refractivity (Wildman–Crippen MR) is 158 cm³/mol. The van der Waals surface area contributed by atoms with E-state index in [4.69, 9.17) is 16.3 Å². The highest BCUT2D eigenvalue weighted by atomic mass is 35.5. The number of hydrogen-bond donors (Lipinski definition) is 2. The third kappa shape index (κ3) is 6.65. The summed E-state index contributed by atoms with van der Waals surface area (Å²) in [6.07, 6.45) is 9.17. The van der Waals surface area contributed by atoms with Crippen molar-refractivity contribution in [1.29, 1.82) is 0 Å². The molecule has 0 unspecified atom stereocenters. The number of unbranched alkanes of at least 4 members (excludes halogenated alkanes) is 1. The number of piperidine rings is 1. The van der Waals surface area contributed by atoms with Gasteiger partial charge < -0.3 is 20.1 Å². The Morgan fingerprint density at radius 3 is 2.64 bits per heavy atom. The van der Waals surface area contributed by atoms with Crippen LogP contribution in [0.4, 0.5) is 0 Å². The second-order valence-electron chi connectivity index (χ2n) is 10.6. The number of ether oxygens (including phenoxy) is 1. The molecule has 1 aliphatic carbocycles. The zero-order valence-electron chi connectivity index (χ0n) is 22.7. The standard InChI is InChI=1S/C31H38ClN3O3S/c1-38-28-25-7-3-2-6-21(25)10-13-26(28)22-14-18-35(19-15-22)17-5-4-16-33-30(37)29-27(20-36)34-31(39-29)23-8-11-24(32)12-9-23/h8-13,22,36H,2-7,14-20H2,1H3,(H,33,37). The lowest BCUT2D eigenvalue weighted by molar-refractivity contribution is 0.0953. The maximum Gasteiger partial charge on any atom is 0.263 e. The zero-order valence-corrected chi connectivity index (χ0v) is 24.3. The van der Waals surface area contributed by atoms with Crippen LogP contribution in [0.25, 0.3) is 10.6 Å². The molecule has 39 heavy (non-hydrogen) atoms. The molecular weight excluding hydrogens is 530 g/mol. The van der Waals surface area contributed by atoms with Crippen molar-refractivity contribution in [2.45, 2.75) is 63.9 Å². The number of halogens is 1. The summed E-state index contributed by atoms with van der Waals surface area (Å²) in [6.45, 7) is 3.60. The van der Waals surface area contributed by atoms with Gasteiger partial charge >= 0.3 is 0 Å². The first-order valence-electron chi connectivity index (χ1n) is 14.1. The molecule has 5 rings (SSSR count). The molecule has 3 aromatic rings. The molecule has 1 aliphatic heterocycles. The maximum atomic E-state index is 12.8. The van der Waals surface area contributed by atoms with Gasteiger partial charge in [-0.25, -0.2) is 4.98 Å². The second-order valence-corrected chi connectivity index (χ2v) is 12.0. The number of carbonyl (C=O) groups excluding carboxylic acids is 1. The summed E-state index contributed by atoms with van der Waals surface area (Å²) in [4.78, 5) is 20.3. The van der Waals surface area contributed by atoms with Gasteiger partial charge in [0, 0.05) is 17.1 Å². The van der Waals surface area contributed by atoms with Crippen LogP contribution >= 0.6 is 22.9 Å². The maximum absolute atomic E-state index is 12.8. The van der Waals surface area contributed by atoms with E-state index in [1.807, 2.05) is 19.2 Å². The largest absolute Gasteiger partial charge is 0.496 e. The Kier molecular flexibility index (Phi) is 9.56. The van der Waals surface area contributed by atoms with E-state index in [2.05, 4.69) is 27.3 Å². The van der Waals surface area contributed by atoms with Crippen molar-refractivity contribution in [2.24, 2.45) is 0 Å². The number of methoxy groups -OCH3 is 1. The average Bonchev–Trinajstić information content (AvgIpc) is 3.42. The van der Waals surface area contributed by atoms with Gasteiger partial charge in [0.05, 0.1) is 19.4 Å². The van der Waals surface area contributed by atoms with Gasteiger partial charge in [0.25, 0.3) is 5.91 Å². The number of aromatic nitrogens is 1. The van der Waals surface area contributed by atoms with E-state index < -0.39 is 0 Å². The molecule has 2 heterocycles. The Morgan fingerprint density at radius 1 is 1.13 bits per heavy atom. The van der Waals surface area contributed by atoms with Crippen molar-refractivity contribution >= 4 is 28.8 Å². The number of carbonyl (C=O) groups is 1. The third-order valence-corrected chi connectivity index (χ3v) is 9.47. The number of aryl methyl sites for hydroxylation is 1. The Morgan fingerprint density at radius 2 is 1.90 bits per heavy atom. The van der Waals surface area contributed by atoms with Crippen molar-refractivity contribution in [3.05, 3.63) is 68.7 Å². The van der Waals surface area contributed by atoms with Crippen LogP contribution in [0.5, 0.6) is 5.75 Å². The number of fused-ring (bicyclic) bond motifs is 1. The fraction of sp³-hybridized carbons (Fsp3) is 0.484. The van der Waals surface area contributed by atoms with Crippen LogP contribution in [-0.4, -0.2) is 54.2 Å². The highest BCUT2D eigenvalue weighted by Gasteiger charge is 2.26. The molecule has 208 valence electrons. The number of amides is 1. The lowest BCUT2D eigenvalue weighted by Gasteiger charge is -2.33. The Hall–Kier alpha value is -2.45. The van der Waals surface area contributed by atoms with Gasteiger partial charge in [0.1, 0.15) is 15.6 Å². The first-order chi connectivity index (χ1) is 19.1. The van der Waals surface area contributed by atoms with E-state index in [0.717, 1.165) is 63.1 Å². The monoisotopic (exact) mass is 567 g/mol. The van der Waals surface area contributed by atoms with Crippen molar-refractivity contribution < 1.29 is 14.6 Å². The van der Waals surface area contributed by atoms with E-state index in [1.54, 1.807) is 12.1 Å². The normalized spacial score (nSPS) is 16.2. The SMILES string of the molecule is COc1c(C2CCN(CCCCNC(=O)c3sc(-c4ccc(Cl)cc4)nc3CO)CC2)ccc2c1CCCC2. The highest BCUT2D eigenvalue weighted by molar-refractivity contribution is 7.17. The number of thiazole rings is 1. The Labute approximate surface area is 240 Å². The van der Waals surface area contributed by atoms with Crippen LogP contribution in [0.3, 0.4) is 0 Å². The molecule has 0 saturated carbocycles. The number of hydrogen-bond acceptors (Lipinski definition) is 6. The first kappa shape index (κ1) is 28.1. The van der Waals surface area contributed by atoms with E-state index in [0.29, 0.717) is 33.1 Å². The molecule has 1 saturated heterocycles. The lowest BCUT2D eigenvalue weighted by Crippen LogP contribution is -2.34. The minimum atomic E-state index is -0.264. The van der Waals surface area contributed by atoms with E-state index in [1.165, 1.54) is 47.3 Å². The summed E-state index contributed by atoms with van der Waals surface area (Å²) >= 11 is 7.28. The third-order valence-electron chi connectivity index (χ3n) is 8.07. The number of aliphatic hydroxyl groups excluding tert-OH is 1. The molecule has 1 fully saturated rings. The van der Waals surface area contributed by atoms with E-state index in [9.17, 15) is 9.90 Å². The summed E-state index contributed by atoms with van der Waals surface area (Å²) in [7, 11) is 1.83. The average molecular weight is 568 g/mol. The molecule has 2 N–H and O–H groups in total. The zero-order chi connectivity index (χ0) is 27.2. The number of aliphatic hydroxyl groups is 1. The molecule has 0 bridgehead atoms. The fourth-order valence-electron chi connectivity index (χ4n) is 5.94. The summed E-state index contributed by atoms with van der Waals surface area (Å²) < 4.78 is 5.94. The van der Waals surface area contributed by atoms with Crippen LogP contribution in [0, 0.1) is 0 Å². The summed E-state index contributed by atoms with van der Waals surface area (Å²) in [5.41, 5.74) is 5.64. The van der Waals surface area contributed by atoms with Gasteiger partial charge in [-0.1, -0.05) is 35.9 Å². The fourth-order valence-corrected chi connectivity index (χ4v) is 7.06. The predicted octanol–water partition coefficient (Wildman–Crippen LogP) is 6.23. The number of nitrogens with zero attached hydrogens (tertiary/aromatic N) is 2. The molecule has 0 radical (unpaired) electrons. The molecule has 1 aromatic heterocycles. The number of nitrogens with one attached hydrogen (secondary N) is 1. The van der Waals surface area contributed by atoms with Gasteiger partial charge in [-0.05, 0) is 106 Å².